The highest BCUT2D eigenvalue weighted by atomic mass is 16.6. The van der Waals surface area contributed by atoms with E-state index in [2.05, 4.69) is 34.6 Å². The van der Waals surface area contributed by atoms with Crippen molar-refractivity contribution in [3.05, 3.63) is 11.6 Å². The molecule has 3 aliphatic rings. The van der Waals surface area contributed by atoms with Gasteiger partial charge in [-0.05, 0) is 62.0 Å². The highest BCUT2D eigenvalue weighted by Crippen LogP contribution is 2.71. The summed E-state index contributed by atoms with van der Waals surface area (Å²) in [5.74, 6) is -1.37. The van der Waals surface area contributed by atoms with Crippen LogP contribution in [0.5, 0.6) is 0 Å². The summed E-state index contributed by atoms with van der Waals surface area (Å²) in [6.45, 7) is 19.2. The van der Waals surface area contributed by atoms with Crippen molar-refractivity contribution in [1.29, 1.82) is 0 Å². The summed E-state index contributed by atoms with van der Waals surface area (Å²) in [5.41, 5.74) is -2.25. The molecule has 198 valence electrons. The number of aliphatic hydroxyl groups is 1. The van der Waals surface area contributed by atoms with Gasteiger partial charge in [-0.15, -0.1) is 0 Å². The molecule has 9 unspecified atom stereocenters. The van der Waals surface area contributed by atoms with Gasteiger partial charge < -0.3 is 14.6 Å². The fourth-order valence-corrected chi connectivity index (χ4v) is 9.29. The first-order chi connectivity index (χ1) is 16.1. The third-order valence-electron chi connectivity index (χ3n) is 10.7. The zero-order valence-electron chi connectivity index (χ0n) is 23.4. The van der Waals surface area contributed by atoms with Crippen LogP contribution in [0, 0.1) is 39.9 Å². The minimum absolute atomic E-state index is 0.0374. The number of carbonyl (C=O) groups excluding carboxylic acids is 3. The van der Waals surface area contributed by atoms with Crippen LogP contribution >= 0.6 is 0 Å². The van der Waals surface area contributed by atoms with Crippen molar-refractivity contribution in [3.63, 3.8) is 0 Å². The van der Waals surface area contributed by atoms with Crippen LogP contribution in [0.2, 0.25) is 0 Å². The van der Waals surface area contributed by atoms with E-state index in [-0.39, 0.29) is 29.0 Å². The lowest BCUT2D eigenvalue weighted by Crippen LogP contribution is -2.74. The molecular weight excluding hydrogens is 444 g/mol. The van der Waals surface area contributed by atoms with Crippen molar-refractivity contribution < 1.29 is 29.0 Å². The number of fused-ring (bicyclic) bond motifs is 3. The molecule has 0 aliphatic heterocycles. The van der Waals surface area contributed by atoms with Crippen molar-refractivity contribution in [1.82, 2.24) is 0 Å². The zero-order chi connectivity index (χ0) is 26.7. The van der Waals surface area contributed by atoms with E-state index < -0.39 is 46.5 Å². The zero-order valence-corrected chi connectivity index (χ0v) is 23.4. The molecule has 0 bridgehead atoms. The molecule has 0 heterocycles. The van der Waals surface area contributed by atoms with Gasteiger partial charge in [0.2, 0.25) is 0 Å². The molecule has 0 saturated heterocycles. The molecule has 0 aromatic carbocycles. The van der Waals surface area contributed by atoms with Crippen LogP contribution in [0.15, 0.2) is 11.6 Å². The molecule has 6 nitrogen and oxygen atoms in total. The molecule has 3 rings (SSSR count). The second-order valence-electron chi connectivity index (χ2n) is 12.4. The van der Waals surface area contributed by atoms with Gasteiger partial charge in [0.15, 0.2) is 5.78 Å². The standard InChI is InChI=1S/C29H46O6/c1-11-20-26(8)14-13-21-27(9,22(32)15-17(5)28(21,10)33)24(26)23(34-18(6)30)25(35-19(7)31)29(20,12-2)16(3)4/h15-16,20-21,23-25,33H,11-14H2,1-10H3. The van der Waals surface area contributed by atoms with Gasteiger partial charge in [0.1, 0.15) is 12.2 Å². The highest BCUT2D eigenvalue weighted by molar-refractivity contribution is 5.97. The van der Waals surface area contributed by atoms with Gasteiger partial charge in [-0.1, -0.05) is 48.0 Å². The maximum absolute atomic E-state index is 13.9. The monoisotopic (exact) mass is 490 g/mol. The van der Waals surface area contributed by atoms with E-state index in [1.807, 2.05) is 13.8 Å². The number of carbonyl (C=O) groups is 3. The third kappa shape index (κ3) is 3.72. The van der Waals surface area contributed by atoms with Crippen LogP contribution < -0.4 is 0 Å². The van der Waals surface area contributed by atoms with E-state index in [0.29, 0.717) is 12.0 Å². The summed E-state index contributed by atoms with van der Waals surface area (Å²) in [6, 6.07) is 0. The Kier molecular flexibility index (Phi) is 7.18. The van der Waals surface area contributed by atoms with Crippen LogP contribution in [0.25, 0.3) is 0 Å². The summed E-state index contributed by atoms with van der Waals surface area (Å²) in [4.78, 5) is 39.0. The van der Waals surface area contributed by atoms with Crippen molar-refractivity contribution in [3.8, 4) is 0 Å². The minimum atomic E-state index is -1.15. The van der Waals surface area contributed by atoms with Crippen molar-refractivity contribution in [2.75, 3.05) is 0 Å². The Morgan fingerprint density at radius 1 is 1.11 bits per heavy atom. The Balaban J connectivity index is 2.39. The third-order valence-corrected chi connectivity index (χ3v) is 10.7. The Morgan fingerprint density at radius 3 is 2.14 bits per heavy atom. The summed E-state index contributed by atoms with van der Waals surface area (Å²) in [5, 5.41) is 11.6. The van der Waals surface area contributed by atoms with Gasteiger partial charge >= 0.3 is 11.9 Å². The smallest absolute Gasteiger partial charge is 0.303 e. The van der Waals surface area contributed by atoms with Crippen LogP contribution in [0.1, 0.15) is 94.9 Å². The lowest BCUT2D eigenvalue weighted by Gasteiger charge is -2.70. The Bertz CT molecular complexity index is 918. The average Bonchev–Trinajstić information content (AvgIpc) is 2.72. The maximum atomic E-state index is 13.9. The molecular formula is C29H46O6. The molecule has 0 aromatic heterocycles. The molecule has 0 amide bonds. The molecule has 35 heavy (non-hydrogen) atoms. The molecule has 2 fully saturated rings. The Labute approximate surface area is 211 Å². The molecule has 0 aromatic rings. The molecule has 6 heteroatoms. The predicted molar refractivity (Wildman–Crippen MR) is 134 cm³/mol. The van der Waals surface area contributed by atoms with Crippen LogP contribution in [-0.2, 0) is 23.9 Å². The number of rotatable bonds is 5. The van der Waals surface area contributed by atoms with E-state index in [0.717, 1.165) is 19.3 Å². The largest absolute Gasteiger partial charge is 0.458 e. The average molecular weight is 491 g/mol. The topological polar surface area (TPSA) is 89.9 Å². The second kappa shape index (κ2) is 9.00. The number of allylic oxidation sites excluding steroid dienone is 1. The Hall–Kier alpha value is -1.69. The molecule has 9 atom stereocenters. The van der Waals surface area contributed by atoms with Crippen molar-refractivity contribution in [2.24, 2.45) is 39.9 Å². The van der Waals surface area contributed by atoms with Crippen molar-refractivity contribution in [2.45, 2.75) is 113 Å². The molecule has 0 radical (unpaired) electrons. The first kappa shape index (κ1) is 27.9. The highest BCUT2D eigenvalue weighted by Gasteiger charge is 2.74. The van der Waals surface area contributed by atoms with E-state index in [1.165, 1.54) is 13.8 Å². The van der Waals surface area contributed by atoms with E-state index in [1.54, 1.807) is 13.0 Å². The summed E-state index contributed by atoms with van der Waals surface area (Å²) in [6.07, 6.45) is 3.22. The summed E-state index contributed by atoms with van der Waals surface area (Å²) < 4.78 is 12.3. The Morgan fingerprint density at radius 2 is 1.69 bits per heavy atom. The van der Waals surface area contributed by atoms with E-state index in [9.17, 15) is 19.5 Å². The number of esters is 2. The van der Waals surface area contributed by atoms with Gasteiger partial charge in [0, 0.05) is 36.5 Å². The molecule has 2 saturated carbocycles. The SMILES string of the molecule is CCC1C2(C)CCC3C(C)(O)C(C)=CC(=O)C3(C)C2C(OC(C)=O)C(OC(C)=O)C1(CC)C(C)C. The van der Waals surface area contributed by atoms with Crippen LogP contribution in [-0.4, -0.2) is 40.6 Å². The van der Waals surface area contributed by atoms with Crippen LogP contribution in [0.3, 0.4) is 0 Å². The van der Waals surface area contributed by atoms with Gasteiger partial charge in [-0.25, -0.2) is 0 Å². The van der Waals surface area contributed by atoms with Crippen LogP contribution in [0.4, 0.5) is 0 Å². The van der Waals surface area contributed by atoms with E-state index in [4.69, 9.17) is 9.47 Å². The fourth-order valence-electron chi connectivity index (χ4n) is 9.29. The molecule has 0 spiro atoms. The quantitative estimate of drug-likeness (QED) is 0.529. The second-order valence-corrected chi connectivity index (χ2v) is 12.4. The summed E-state index contributed by atoms with van der Waals surface area (Å²) >= 11 is 0. The van der Waals surface area contributed by atoms with Gasteiger partial charge in [0.25, 0.3) is 0 Å². The summed E-state index contributed by atoms with van der Waals surface area (Å²) in [7, 11) is 0. The predicted octanol–water partition coefficient (Wildman–Crippen LogP) is 5.26. The van der Waals surface area contributed by atoms with Crippen molar-refractivity contribution >= 4 is 17.7 Å². The number of hydrogen-bond acceptors (Lipinski definition) is 6. The molecule has 1 N–H and O–H groups in total. The number of ether oxygens (including phenoxy) is 2. The maximum Gasteiger partial charge on any atom is 0.303 e. The van der Waals surface area contributed by atoms with Gasteiger partial charge in [-0.2, -0.15) is 0 Å². The lowest BCUT2D eigenvalue weighted by atomic mass is 9.35. The first-order valence-corrected chi connectivity index (χ1v) is 13.4. The van der Waals surface area contributed by atoms with Gasteiger partial charge in [0.05, 0.1) is 5.60 Å². The fraction of sp³-hybridized carbons (Fsp3) is 0.828. The molecule has 3 aliphatic carbocycles. The van der Waals surface area contributed by atoms with E-state index >= 15 is 0 Å². The lowest BCUT2D eigenvalue weighted by molar-refractivity contribution is -0.283. The number of hydrogen-bond donors (Lipinski definition) is 1. The first-order valence-electron chi connectivity index (χ1n) is 13.4. The number of ketones is 1. The van der Waals surface area contributed by atoms with Gasteiger partial charge in [-0.3, -0.25) is 14.4 Å². The minimum Gasteiger partial charge on any atom is -0.458 e. The normalized spacial score (nSPS) is 45.3.